The molecule has 0 radical (unpaired) electrons. The molecule has 2 atom stereocenters. The maximum absolute atomic E-state index is 11.8. The minimum atomic E-state index is -2.96. The topological polar surface area (TPSA) is 49.4 Å². The molecule has 1 N–H and O–H groups in total. The van der Waals surface area contributed by atoms with Gasteiger partial charge in [0.25, 0.3) is 0 Å². The fourth-order valence-corrected chi connectivity index (χ4v) is 5.21. The van der Waals surface area contributed by atoms with Crippen molar-refractivity contribution < 1.29 is 8.42 Å². The Morgan fingerprint density at radius 1 is 1.25 bits per heavy atom. The summed E-state index contributed by atoms with van der Waals surface area (Å²) in [6.45, 7) is 4.30. The van der Waals surface area contributed by atoms with Gasteiger partial charge in [0.05, 0.1) is 23.6 Å². The van der Waals surface area contributed by atoms with Crippen LogP contribution in [0, 0.1) is 0 Å². The molecular formula is C14H18N2O2S2. The Kier molecular flexibility index (Phi) is 3.25. The minimum absolute atomic E-state index is 0.0719. The van der Waals surface area contributed by atoms with E-state index in [1.807, 2.05) is 17.0 Å². The van der Waals surface area contributed by atoms with Crippen LogP contribution in [0.25, 0.3) is 0 Å². The Hall–Kier alpha value is -1.14. The SMILES string of the molecule is CC(C)c1ccc(N2C(=S)N[C@H]3CS(=O)(=O)C[C@@H]32)cc1. The number of nitrogens with zero attached hydrogens (tertiary/aromatic N) is 1. The van der Waals surface area contributed by atoms with Crippen LogP contribution in [-0.4, -0.2) is 37.1 Å². The molecule has 0 unspecified atom stereocenters. The third-order valence-corrected chi connectivity index (χ3v) is 6.05. The molecule has 0 spiro atoms. The Morgan fingerprint density at radius 2 is 1.90 bits per heavy atom. The molecule has 2 aliphatic heterocycles. The van der Waals surface area contributed by atoms with Gasteiger partial charge in [0.15, 0.2) is 14.9 Å². The summed E-state index contributed by atoms with van der Waals surface area (Å²) in [5.74, 6) is 0.835. The summed E-state index contributed by atoms with van der Waals surface area (Å²) in [5.41, 5.74) is 2.24. The summed E-state index contributed by atoms with van der Waals surface area (Å²) >= 11 is 5.36. The van der Waals surface area contributed by atoms with Crippen LogP contribution in [0.5, 0.6) is 0 Å². The van der Waals surface area contributed by atoms with Crippen molar-refractivity contribution in [2.75, 3.05) is 16.4 Å². The van der Waals surface area contributed by atoms with E-state index in [0.29, 0.717) is 11.0 Å². The van der Waals surface area contributed by atoms with Gasteiger partial charge < -0.3 is 10.2 Å². The van der Waals surface area contributed by atoms with Gasteiger partial charge in [-0.15, -0.1) is 0 Å². The first-order chi connectivity index (χ1) is 9.37. The van der Waals surface area contributed by atoms with E-state index in [2.05, 4.69) is 31.3 Å². The molecule has 6 heteroatoms. The van der Waals surface area contributed by atoms with E-state index >= 15 is 0 Å². The maximum atomic E-state index is 11.8. The molecule has 2 fully saturated rings. The Morgan fingerprint density at radius 3 is 2.50 bits per heavy atom. The van der Waals surface area contributed by atoms with Crippen molar-refractivity contribution in [1.82, 2.24) is 5.32 Å². The molecule has 0 aromatic heterocycles. The van der Waals surface area contributed by atoms with E-state index in [1.165, 1.54) is 5.56 Å². The molecule has 2 heterocycles. The lowest BCUT2D eigenvalue weighted by molar-refractivity contribution is 0.600. The molecular weight excluding hydrogens is 292 g/mol. The van der Waals surface area contributed by atoms with Gasteiger partial charge in [-0.2, -0.15) is 0 Å². The van der Waals surface area contributed by atoms with Crippen LogP contribution in [0.3, 0.4) is 0 Å². The highest BCUT2D eigenvalue weighted by atomic mass is 32.2. The number of sulfone groups is 1. The molecule has 20 heavy (non-hydrogen) atoms. The fraction of sp³-hybridized carbons (Fsp3) is 0.500. The second-order valence-electron chi connectivity index (χ2n) is 5.82. The van der Waals surface area contributed by atoms with E-state index < -0.39 is 9.84 Å². The van der Waals surface area contributed by atoms with Crippen molar-refractivity contribution in [2.45, 2.75) is 31.8 Å². The third-order valence-electron chi connectivity index (χ3n) is 4.02. The van der Waals surface area contributed by atoms with Crippen LogP contribution < -0.4 is 10.2 Å². The molecule has 1 aromatic rings. The second kappa shape index (κ2) is 4.70. The summed E-state index contributed by atoms with van der Waals surface area (Å²) in [6, 6.07) is 8.07. The predicted octanol–water partition coefficient (Wildman–Crippen LogP) is 1.67. The van der Waals surface area contributed by atoms with Crippen molar-refractivity contribution >= 4 is 32.9 Å². The average Bonchev–Trinajstić information content (AvgIpc) is 2.79. The van der Waals surface area contributed by atoms with Gasteiger partial charge in [0.2, 0.25) is 0 Å². The molecule has 4 nitrogen and oxygen atoms in total. The van der Waals surface area contributed by atoms with Crippen LogP contribution in [0.2, 0.25) is 0 Å². The number of benzene rings is 1. The summed E-state index contributed by atoms with van der Waals surface area (Å²) in [4.78, 5) is 1.95. The number of hydrogen-bond acceptors (Lipinski definition) is 3. The van der Waals surface area contributed by atoms with E-state index in [4.69, 9.17) is 12.2 Å². The third kappa shape index (κ3) is 2.31. The second-order valence-corrected chi connectivity index (χ2v) is 8.36. The van der Waals surface area contributed by atoms with Crippen molar-refractivity contribution in [2.24, 2.45) is 0 Å². The maximum Gasteiger partial charge on any atom is 0.174 e. The molecule has 2 aliphatic rings. The number of hydrogen-bond donors (Lipinski definition) is 1. The first-order valence-electron chi connectivity index (χ1n) is 6.77. The normalized spacial score (nSPS) is 27.8. The average molecular weight is 310 g/mol. The Balaban J connectivity index is 1.91. The number of rotatable bonds is 2. The Labute approximate surface area is 125 Å². The molecule has 3 rings (SSSR count). The highest BCUT2D eigenvalue weighted by Crippen LogP contribution is 2.30. The fourth-order valence-electron chi connectivity index (χ4n) is 2.93. The van der Waals surface area contributed by atoms with Crippen LogP contribution in [-0.2, 0) is 9.84 Å². The first kappa shape index (κ1) is 13.8. The largest absolute Gasteiger partial charge is 0.356 e. The van der Waals surface area contributed by atoms with Gasteiger partial charge >= 0.3 is 0 Å². The zero-order chi connectivity index (χ0) is 14.5. The number of fused-ring (bicyclic) bond motifs is 1. The van der Waals surface area contributed by atoms with Crippen molar-refractivity contribution in [3.05, 3.63) is 29.8 Å². The molecule has 0 amide bonds. The van der Waals surface area contributed by atoms with Gasteiger partial charge in [-0.25, -0.2) is 8.42 Å². The predicted molar refractivity (Wildman–Crippen MR) is 85.0 cm³/mol. The zero-order valence-electron chi connectivity index (χ0n) is 11.5. The van der Waals surface area contributed by atoms with Crippen LogP contribution >= 0.6 is 12.2 Å². The van der Waals surface area contributed by atoms with Gasteiger partial charge in [0, 0.05) is 5.69 Å². The molecule has 0 aliphatic carbocycles. The number of nitrogens with one attached hydrogen (secondary N) is 1. The quantitative estimate of drug-likeness (QED) is 0.842. The lowest BCUT2D eigenvalue weighted by atomic mass is 10.0. The molecule has 2 saturated heterocycles. The van der Waals surface area contributed by atoms with Crippen LogP contribution in [0.1, 0.15) is 25.3 Å². The Bertz CT molecular complexity index is 638. The van der Waals surface area contributed by atoms with E-state index in [-0.39, 0.29) is 23.6 Å². The molecule has 0 bridgehead atoms. The van der Waals surface area contributed by atoms with Gasteiger partial charge in [-0.05, 0) is 35.8 Å². The number of thiocarbonyl (C=S) groups is 1. The lowest BCUT2D eigenvalue weighted by Gasteiger charge is -2.23. The first-order valence-corrected chi connectivity index (χ1v) is 9.00. The van der Waals surface area contributed by atoms with Crippen LogP contribution in [0.4, 0.5) is 5.69 Å². The monoisotopic (exact) mass is 310 g/mol. The van der Waals surface area contributed by atoms with Crippen molar-refractivity contribution in [3.8, 4) is 0 Å². The smallest absolute Gasteiger partial charge is 0.174 e. The highest BCUT2D eigenvalue weighted by Gasteiger charge is 2.47. The summed E-state index contributed by atoms with van der Waals surface area (Å²) in [5, 5.41) is 3.77. The van der Waals surface area contributed by atoms with E-state index in [0.717, 1.165) is 5.69 Å². The zero-order valence-corrected chi connectivity index (χ0v) is 13.2. The van der Waals surface area contributed by atoms with Gasteiger partial charge in [0.1, 0.15) is 0 Å². The molecule has 0 saturated carbocycles. The summed E-state index contributed by atoms with van der Waals surface area (Å²) in [7, 11) is -2.96. The summed E-state index contributed by atoms with van der Waals surface area (Å²) < 4.78 is 23.5. The van der Waals surface area contributed by atoms with E-state index in [1.54, 1.807) is 0 Å². The van der Waals surface area contributed by atoms with Gasteiger partial charge in [-0.3, -0.25) is 0 Å². The van der Waals surface area contributed by atoms with Gasteiger partial charge in [-0.1, -0.05) is 26.0 Å². The van der Waals surface area contributed by atoms with Crippen molar-refractivity contribution in [1.29, 1.82) is 0 Å². The number of anilines is 1. The molecule has 108 valence electrons. The highest BCUT2D eigenvalue weighted by molar-refractivity contribution is 7.91. The summed E-state index contributed by atoms with van der Waals surface area (Å²) in [6.07, 6.45) is 0. The van der Waals surface area contributed by atoms with E-state index in [9.17, 15) is 8.42 Å². The lowest BCUT2D eigenvalue weighted by Crippen LogP contribution is -2.36. The van der Waals surface area contributed by atoms with Crippen LogP contribution in [0.15, 0.2) is 24.3 Å². The molecule has 1 aromatic carbocycles. The van der Waals surface area contributed by atoms with Crippen molar-refractivity contribution in [3.63, 3.8) is 0 Å². The minimum Gasteiger partial charge on any atom is -0.356 e. The standard InChI is InChI=1S/C14H18N2O2S2/c1-9(2)10-3-5-11(6-4-10)16-13-8-20(17,18)7-12(13)15-14(16)19/h3-6,9,12-13H,7-8H2,1-2H3,(H,15,19)/t12-,13-/m0/s1.